The lowest BCUT2D eigenvalue weighted by atomic mass is 9.85. The van der Waals surface area contributed by atoms with Crippen LogP contribution >= 0.6 is 11.6 Å². The molecule has 2 aliphatic rings. The average molecular weight is 635 g/mol. The van der Waals surface area contributed by atoms with Gasteiger partial charge in [-0.05, 0) is 98.5 Å². The number of ether oxygens (including phenoxy) is 3. The molecule has 0 radical (unpaired) electrons. The number of amides is 1. The molecule has 1 aromatic heterocycles. The van der Waals surface area contributed by atoms with Crippen LogP contribution in [0.4, 0.5) is 11.5 Å². The van der Waals surface area contributed by atoms with Crippen LogP contribution in [0.5, 0.6) is 11.5 Å². The van der Waals surface area contributed by atoms with Crippen molar-refractivity contribution in [2.24, 2.45) is 5.92 Å². The SMILES string of the molecule is COC(=O)CNC1CCC(CN(C)c2ccc(N3C(=O)Cc4cc(OC)c(OC(C)C)cc4C3c3ccc(Cl)cc3)cn2)CC1. The summed E-state index contributed by atoms with van der Waals surface area (Å²) in [4.78, 5) is 34.1. The first-order chi connectivity index (χ1) is 21.7. The fraction of sp³-hybridized carbons (Fsp3) is 0.457. The largest absolute Gasteiger partial charge is 0.493 e. The number of hydrogen-bond acceptors (Lipinski definition) is 8. The number of aromatic nitrogens is 1. The van der Waals surface area contributed by atoms with Crippen LogP contribution in [-0.4, -0.2) is 63.4 Å². The lowest BCUT2D eigenvalue weighted by molar-refractivity contribution is -0.139. The minimum atomic E-state index is -0.396. The molecule has 9 nitrogen and oxygen atoms in total. The molecule has 1 amide bonds. The molecule has 0 saturated heterocycles. The Morgan fingerprint density at radius 1 is 1.07 bits per heavy atom. The van der Waals surface area contributed by atoms with E-state index in [4.69, 9.17) is 30.8 Å². The van der Waals surface area contributed by atoms with Gasteiger partial charge < -0.3 is 24.4 Å². The number of benzene rings is 2. The third-order valence-corrected chi connectivity index (χ3v) is 8.93. The molecule has 1 aliphatic heterocycles. The van der Waals surface area contributed by atoms with Gasteiger partial charge in [0.1, 0.15) is 5.82 Å². The van der Waals surface area contributed by atoms with Crippen molar-refractivity contribution in [2.45, 2.75) is 64.1 Å². The number of methoxy groups -OCH3 is 2. The highest BCUT2D eigenvalue weighted by molar-refractivity contribution is 6.30. The van der Waals surface area contributed by atoms with E-state index in [-0.39, 0.29) is 30.9 Å². The Bertz CT molecular complexity index is 1470. The van der Waals surface area contributed by atoms with Gasteiger partial charge in [-0.2, -0.15) is 0 Å². The second kappa shape index (κ2) is 14.5. The zero-order valence-electron chi connectivity index (χ0n) is 26.7. The molecule has 1 atom stereocenters. The van der Waals surface area contributed by atoms with E-state index in [2.05, 4.69) is 17.3 Å². The molecular weight excluding hydrogens is 592 g/mol. The van der Waals surface area contributed by atoms with E-state index in [1.165, 1.54) is 7.11 Å². The van der Waals surface area contributed by atoms with E-state index in [1.54, 1.807) is 13.3 Å². The van der Waals surface area contributed by atoms with Crippen molar-refractivity contribution >= 4 is 35.0 Å². The Kier molecular flexibility index (Phi) is 10.5. The van der Waals surface area contributed by atoms with Gasteiger partial charge in [-0.15, -0.1) is 0 Å². The van der Waals surface area contributed by atoms with Crippen LogP contribution in [0.1, 0.15) is 62.3 Å². The Labute approximate surface area is 270 Å². The number of esters is 1. The fourth-order valence-corrected chi connectivity index (χ4v) is 6.53. The summed E-state index contributed by atoms with van der Waals surface area (Å²) in [7, 11) is 5.09. The molecule has 10 heteroatoms. The quantitative estimate of drug-likeness (QED) is 0.258. The summed E-state index contributed by atoms with van der Waals surface area (Å²) in [6.07, 6.45) is 6.21. The molecule has 1 unspecified atom stereocenters. The van der Waals surface area contributed by atoms with Crippen LogP contribution < -0.4 is 24.6 Å². The second-order valence-corrected chi connectivity index (χ2v) is 12.6. The fourth-order valence-electron chi connectivity index (χ4n) is 6.41. The normalized spacial score (nSPS) is 19.7. The Hall–Kier alpha value is -3.82. The van der Waals surface area contributed by atoms with Crippen LogP contribution in [0.3, 0.4) is 0 Å². The number of nitrogens with one attached hydrogen (secondary N) is 1. The maximum absolute atomic E-state index is 13.8. The first-order valence-electron chi connectivity index (χ1n) is 15.6. The first kappa shape index (κ1) is 32.6. The summed E-state index contributed by atoms with van der Waals surface area (Å²) in [6, 6.07) is 15.5. The van der Waals surface area contributed by atoms with Gasteiger partial charge in [0.15, 0.2) is 11.5 Å². The summed E-state index contributed by atoms with van der Waals surface area (Å²) < 4.78 is 16.5. The standard InChI is InChI=1S/C35H43ClN4O5/c1-22(2)45-31-18-29-25(16-30(31)43-4)17-33(41)40(35(29)24-8-10-26(36)11-9-24)28-14-15-32(38-19-28)39(3)21-23-6-12-27(13-7-23)37-20-34(42)44-5/h8-11,14-16,18-19,22-23,27,35,37H,6-7,12-13,17,20-21H2,1-5H3. The maximum atomic E-state index is 13.8. The van der Waals surface area contributed by atoms with E-state index in [1.807, 2.05) is 67.3 Å². The van der Waals surface area contributed by atoms with Gasteiger partial charge >= 0.3 is 5.97 Å². The van der Waals surface area contributed by atoms with E-state index < -0.39 is 6.04 Å². The van der Waals surface area contributed by atoms with Crippen LogP contribution in [-0.2, 0) is 20.7 Å². The van der Waals surface area contributed by atoms with Crippen molar-refractivity contribution in [3.8, 4) is 11.5 Å². The van der Waals surface area contributed by atoms with Crippen molar-refractivity contribution in [1.82, 2.24) is 10.3 Å². The molecule has 2 aromatic carbocycles. The van der Waals surface area contributed by atoms with Crippen molar-refractivity contribution in [1.29, 1.82) is 0 Å². The summed E-state index contributed by atoms with van der Waals surface area (Å²) in [6.45, 7) is 5.10. The molecule has 2 heterocycles. The van der Waals surface area contributed by atoms with Crippen molar-refractivity contribution in [3.05, 3.63) is 76.4 Å². The molecule has 45 heavy (non-hydrogen) atoms. The highest BCUT2D eigenvalue weighted by Gasteiger charge is 2.36. The zero-order valence-corrected chi connectivity index (χ0v) is 27.5. The lowest BCUT2D eigenvalue weighted by Gasteiger charge is -2.38. The second-order valence-electron chi connectivity index (χ2n) is 12.2. The monoisotopic (exact) mass is 634 g/mol. The van der Waals surface area contributed by atoms with Gasteiger partial charge in [0.25, 0.3) is 0 Å². The number of anilines is 2. The van der Waals surface area contributed by atoms with Crippen LogP contribution in [0.15, 0.2) is 54.7 Å². The number of rotatable bonds is 11. The topological polar surface area (TPSA) is 93.2 Å². The van der Waals surface area contributed by atoms with Crippen LogP contribution in [0.25, 0.3) is 0 Å². The van der Waals surface area contributed by atoms with E-state index in [9.17, 15) is 9.59 Å². The molecule has 1 aliphatic carbocycles. The van der Waals surface area contributed by atoms with Crippen molar-refractivity contribution in [2.75, 3.05) is 44.2 Å². The number of carbonyl (C=O) groups is 2. The van der Waals surface area contributed by atoms with Gasteiger partial charge in [0.05, 0.1) is 51.2 Å². The molecule has 1 saturated carbocycles. The minimum absolute atomic E-state index is 0.0255. The summed E-state index contributed by atoms with van der Waals surface area (Å²) in [5, 5.41) is 3.94. The van der Waals surface area contributed by atoms with E-state index in [0.29, 0.717) is 28.5 Å². The molecule has 240 valence electrons. The first-order valence-corrected chi connectivity index (χ1v) is 16.0. The zero-order chi connectivity index (χ0) is 32.1. The third kappa shape index (κ3) is 7.71. The molecule has 1 fully saturated rings. The van der Waals surface area contributed by atoms with Gasteiger partial charge in [0.2, 0.25) is 5.91 Å². The summed E-state index contributed by atoms with van der Waals surface area (Å²) in [5.41, 5.74) is 3.55. The highest BCUT2D eigenvalue weighted by atomic mass is 35.5. The molecular formula is C35H43ClN4O5. The van der Waals surface area contributed by atoms with Crippen LogP contribution in [0.2, 0.25) is 5.02 Å². The molecule has 5 rings (SSSR count). The Morgan fingerprint density at radius 2 is 1.80 bits per heavy atom. The molecule has 1 N–H and O–H groups in total. The number of hydrogen-bond donors (Lipinski definition) is 1. The number of fused-ring (bicyclic) bond motifs is 1. The van der Waals surface area contributed by atoms with Crippen molar-refractivity contribution in [3.63, 3.8) is 0 Å². The van der Waals surface area contributed by atoms with E-state index >= 15 is 0 Å². The lowest BCUT2D eigenvalue weighted by Crippen LogP contribution is -2.41. The highest BCUT2D eigenvalue weighted by Crippen LogP contribution is 2.44. The number of halogens is 1. The summed E-state index contributed by atoms with van der Waals surface area (Å²) >= 11 is 6.26. The molecule has 3 aromatic rings. The van der Waals surface area contributed by atoms with Crippen molar-refractivity contribution < 1.29 is 23.8 Å². The third-order valence-electron chi connectivity index (χ3n) is 8.68. The van der Waals surface area contributed by atoms with Gasteiger partial charge in [-0.25, -0.2) is 4.98 Å². The smallest absolute Gasteiger partial charge is 0.319 e. The molecule has 0 spiro atoms. The maximum Gasteiger partial charge on any atom is 0.319 e. The predicted octanol–water partition coefficient (Wildman–Crippen LogP) is 5.97. The number of carbonyl (C=O) groups excluding carboxylic acids is 2. The van der Waals surface area contributed by atoms with Gasteiger partial charge in [-0.1, -0.05) is 23.7 Å². The minimum Gasteiger partial charge on any atom is -0.493 e. The van der Waals surface area contributed by atoms with Gasteiger partial charge in [0, 0.05) is 24.7 Å². The molecule has 0 bridgehead atoms. The van der Waals surface area contributed by atoms with Crippen LogP contribution in [0, 0.1) is 5.92 Å². The average Bonchev–Trinajstić information content (AvgIpc) is 3.04. The number of pyridine rings is 1. The Balaban J connectivity index is 1.36. The van der Waals surface area contributed by atoms with E-state index in [0.717, 1.165) is 60.4 Å². The van der Waals surface area contributed by atoms with Gasteiger partial charge in [-0.3, -0.25) is 14.5 Å². The Morgan fingerprint density at radius 3 is 2.42 bits per heavy atom. The predicted molar refractivity (Wildman–Crippen MR) is 177 cm³/mol. The summed E-state index contributed by atoms with van der Waals surface area (Å²) in [5.74, 6) is 2.40. The number of nitrogens with zero attached hydrogens (tertiary/aromatic N) is 3.